The highest BCUT2D eigenvalue weighted by molar-refractivity contribution is 7.92. The maximum absolute atomic E-state index is 12.5. The SMILES string of the molecule is CCCC[C@H]1c2sccc2C[C@@H](C)N1CCNC(=O)c1ccc(NS(C)(=O)=O)cc1.Cl. The first kappa shape index (κ1) is 25.6. The van der Waals surface area contributed by atoms with Gasteiger partial charge in [0.2, 0.25) is 10.0 Å². The number of carbonyl (C=O) groups is 1. The number of hydrogen-bond donors (Lipinski definition) is 2. The number of thiophene rings is 1. The van der Waals surface area contributed by atoms with Crippen molar-refractivity contribution < 1.29 is 13.2 Å². The number of rotatable bonds is 9. The molecule has 2 aromatic rings. The Kier molecular flexibility index (Phi) is 9.36. The molecule has 0 unspecified atom stereocenters. The number of nitrogens with one attached hydrogen (secondary N) is 2. The van der Waals surface area contributed by atoms with Crippen molar-refractivity contribution in [2.75, 3.05) is 24.1 Å². The summed E-state index contributed by atoms with van der Waals surface area (Å²) in [7, 11) is -3.33. The highest BCUT2D eigenvalue weighted by Gasteiger charge is 2.32. The van der Waals surface area contributed by atoms with Crippen molar-refractivity contribution in [1.29, 1.82) is 0 Å². The first-order valence-electron chi connectivity index (χ1n) is 10.5. The van der Waals surface area contributed by atoms with Crippen LogP contribution in [0.1, 0.15) is 60.0 Å². The molecular formula is C22H32ClN3O3S2. The van der Waals surface area contributed by atoms with Crippen molar-refractivity contribution in [1.82, 2.24) is 10.2 Å². The van der Waals surface area contributed by atoms with Gasteiger partial charge < -0.3 is 5.32 Å². The number of carbonyl (C=O) groups excluding carboxylic acids is 1. The third-order valence-corrected chi connectivity index (χ3v) is 7.17. The Morgan fingerprint density at radius 1 is 1.23 bits per heavy atom. The third kappa shape index (κ3) is 6.94. The predicted octanol–water partition coefficient (Wildman–Crippen LogP) is 4.45. The summed E-state index contributed by atoms with van der Waals surface area (Å²) >= 11 is 1.85. The fourth-order valence-corrected chi connectivity index (χ4v) is 5.73. The molecule has 31 heavy (non-hydrogen) atoms. The van der Waals surface area contributed by atoms with Gasteiger partial charge in [0.05, 0.1) is 6.26 Å². The van der Waals surface area contributed by atoms with E-state index in [0.29, 0.717) is 29.9 Å². The molecule has 1 aromatic carbocycles. The molecule has 0 bridgehead atoms. The number of amides is 1. The summed E-state index contributed by atoms with van der Waals surface area (Å²) in [4.78, 5) is 16.5. The smallest absolute Gasteiger partial charge is 0.251 e. The molecule has 1 aliphatic heterocycles. The minimum atomic E-state index is -3.33. The molecule has 2 N–H and O–H groups in total. The molecule has 0 aliphatic carbocycles. The van der Waals surface area contributed by atoms with E-state index in [0.717, 1.165) is 25.6 Å². The van der Waals surface area contributed by atoms with Gasteiger partial charge in [0.15, 0.2) is 0 Å². The van der Waals surface area contributed by atoms with E-state index in [1.165, 1.54) is 23.3 Å². The fourth-order valence-electron chi connectivity index (χ4n) is 4.08. The Balaban J connectivity index is 0.00000341. The number of benzene rings is 1. The molecule has 0 saturated heterocycles. The number of unbranched alkanes of at least 4 members (excludes halogenated alkanes) is 1. The lowest BCUT2D eigenvalue weighted by Crippen LogP contribution is -2.45. The van der Waals surface area contributed by atoms with Gasteiger partial charge in [-0.25, -0.2) is 8.42 Å². The Labute approximate surface area is 195 Å². The molecule has 1 amide bonds. The molecule has 0 fully saturated rings. The normalized spacial score (nSPS) is 18.7. The van der Waals surface area contributed by atoms with E-state index in [1.807, 2.05) is 11.3 Å². The molecule has 0 saturated carbocycles. The molecule has 9 heteroatoms. The van der Waals surface area contributed by atoms with E-state index >= 15 is 0 Å². The number of hydrogen-bond acceptors (Lipinski definition) is 5. The largest absolute Gasteiger partial charge is 0.351 e. The summed E-state index contributed by atoms with van der Waals surface area (Å²) in [6.07, 6.45) is 5.69. The monoisotopic (exact) mass is 485 g/mol. The van der Waals surface area contributed by atoms with Crippen LogP contribution in [0.15, 0.2) is 35.7 Å². The zero-order valence-corrected chi connectivity index (χ0v) is 20.7. The van der Waals surface area contributed by atoms with Gasteiger partial charge in [-0.1, -0.05) is 19.8 Å². The van der Waals surface area contributed by atoms with Gasteiger partial charge in [-0.3, -0.25) is 14.4 Å². The van der Waals surface area contributed by atoms with E-state index in [2.05, 4.69) is 40.2 Å². The number of halogens is 1. The van der Waals surface area contributed by atoms with Gasteiger partial charge in [-0.05, 0) is 61.0 Å². The lowest BCUT2D eigenvalue weighted by Gasteiger charge is -2.40. The van der Waals surface area contributed by atoms with Crippen molar-refractivity contribution in [2.45, 2.75) is 51.6 Å². The summed E-state index contributed by atoms with van der Waals surface area (Å²) in [5.41, 5.74) is 2.45. The van der Waals surface area contributed by atoms with Crippen LogP contribution in [-0.2, 0) is 16.4 Å². The van der Waals surface area contributed by atoms with E-state index in [9.17, 15) is 13.2 Å². The Morgan fingerprint density at radius 2 is 1.94 bits per heavy atom. The number of fused-ring (bicyclic) bond motifs is 1. The highest BCUT2D eigenvalue weighted by Crippen LogP contribution is 2.39. The van der Waals surface area contributed by atoms with E-state index in [-0.39, 0.29) is 18.3 Å². The van der Waals surface area contributed by atoms with Crippen molar-refractivity contribution in [3.05, 3.63) is 51.7 Å². The van der Waals surface area contributed by atoms with Crippen LogP contribution in [0.4, 0.5) is 5.69 Å². The van der Waals surface area contributed by atoms with Gasteiger partial charge in [0, 0.05) is 41.3 Å². The summed E-state index contributed by atoms with van der Waals surface area (Å²) in [5, 5.41) is 5.21. The quantitative estimate of drug-likeness (QED) is 0.550. The Bertz CT molecular complexity index is 961. The van der Waals surface area contributed by atoms with Crippen molar-refractivity contribution in [2.24, 2.45) is 0 Å². The average Bonchev–Trinajstić information content (AvgIpc) is 3.14. The molecule has 172 valence electrons. The summed E-state index contributed by atoms with van der Waals surface area (Å²) in [6, 6.07) is 9.61. The minimum absolute atomic E-state index is 0. The predicted molar refractivity (Wildman–Crippen MR) is 131 cm³/mol. The summed E-state index contributed by atoms with van der Waals surface area (Å²) in [6.45, 7) is 5.89. The van der Waals surface area contributed by atoms with Crippen molar-refractivity contribution in [3.63, 3.8) is 0 Å². The topological polar surface area (TPSA) is 78.5 Å². The zero-order valence-electron chi connectivity index (χ0n) is 18.3. The van der Waals surface area contributed by atoms with Gasteiger partial charge in [0.25, 0.3) is 5.91 Å². The molecule has 1 aliphatic rings. The van der Waals surface area contributed by atoms with Crippen LogP contribution in [0.2, 0.25) is 0 Å². The molecule has 6 nitrogen and oxygen atoms in total. The number of anilines is 1. The van der Waals surface area contributed by atoms with Gasteiger partial charge in [0.1, 0.15) is 0 Å². The van der Waals surface area contributed by atoms with Gasteiger partial charge in [-0.15, -0.1) is 23.7 Å². The molecule has 3 rings (SSSR count). The standard InChI is InChI=1S/C22H31N3O3S2.ClH/c1-4-5-6-20-21-18(11-14-29-21)15-16(2)25(20)13-12-23-22(26)17-7-9-19(10-8-17)24-30(3,27)28;/h7-11,14,16,20,24H,4-6,12-13,15H2,1-3H3,(H,23,26);1H/t16-,20+;/m1./s1. The first-order valence-corrected chi connectivity index (χ1v) is 13.2. The van der Waals surface area contributed by atoms with Gasteiger partial charge >= 0.3 is 0 Å². The van der Waals surface area contributed by atoms with Crippen LogP contribution in [0.5, 0.6) is 0 Å². The van der Waals surface area contributed by atoms with Crippen LogP contribution in [-0.4, -0.2) is 44.6 Å². The molecule has 2 atom stereocenters. The van der Waals surface area contributed by atoms with Crippen LogP contribution < -0.4 is 10.0 Å². The molecule has 0 spiro atoms. The maximum Gasteiger partial charge on any atom is 0.251 e. The van der Waals surface area contributed by atoms with Crippen molar-refractivity contribution in [3.8, 4) is 0 Å². The van der Waals surface area contributed by atoms with E-state index in [4.69, 9.17) is 0 Å². The Morgan fingerprint density at radius 3 is 2.58 bits per heavy atom. The van der Waals surface area contributed by atoms with E-state index in [1.54, 1.807) is 24.3 Å². The summed E-state index contributed by atoms with van der Waals surface area (Å²) < 4.78 is 25.0. The highest BCUT2D eigenvalue weighted by atomic mass is 35.5. The second kappa shape index (κ2) is 11.3. The van der Waals surface area contributed by atoms with Gasteiger partial charge in [-0.2, -0.15) is 0 Å². The van der Waals surface area contributed by atoms with Crippen LogP contribution >= 0.6 is 23.7 Å². The van der Waals surface area contributed by atoms with Crippen LogP contribution in [0, 0.1) is 0 Å². The number of nitrogens with zero attached hydrogens (tertiary/aromatic N) is 1. The molecular weight excluding hydrogens is 454 g/mol. The zero-order chi connectivity index (χ0) is 21.7. The lowest BCUT2D eigenvalue weighted by molar-refractivity contribution is 0.0917. The fraction of sp³-hybridized carbons (Fsp3) is 0.500. The molecule has 0 radical (unpaired) electrons. The Hall–Kier alpha value is -1.61. The first-order chi connectivity index (χ1) is 14.3. The van der Waals surface area contributed by atoms with Crippen molar-refractivity contribution >= 4 is 45.4 Å². The van der Waals surface area contributed by atoms with Crippen LogP contribution in [0.25, 0.3) is 0 Å². The molecule has 2 heterocycles. The third-order valence-electron chi connectivity index (χ3n) is 5.50. The number of sulfonamides is 1. The van der Waals surface area contributed by atoms with E-state index < -0.39 is 10.0 Å². The average molecular weight is 486 g/mol. The lowest BCUT2D eigenvalue weighted by atomic mass is 9.93. The second-order valence-corrected chi connectivity index (χ2v) is 10.7. The second-order valence-electron chi connectivity index (χ2n) is 7.97. The maximum atomic E-state index is 12.5. The van der Waals surface area contributed by atoms with Crippen LogP contribution in [0.3, 0.4) is 0 Å². The summed E-state index contributed by atoms with van der Waals surface area (Å²) in [5.74, 6) is -0.146. The minimum Gasteiger partial charge on any atom is -0.351 e. The molecule has 1 aromatic heterocycles.